The lowest BCUT2D eigenvalue weighted by atomic mass is 10.1. The number of halogens is 2. The van der Waals surface area contributed by atoms with E-state index in [1.807, 2.05) is 0 Å². The summed E-state index contributed by atoms with van der Waals surface area (Å²) in [5.74, 6) is -0.835. The molecule has 1 heterocycles. The monoisotopic (exact) mass is 346 g/mol. The Labute approximate surface area is 142 Å². The number of hydrogen-bond acceptors (Lipinski definition) is 4. The maximum Gasteiger partial charge on any atom is 0.294 e. The molecule has 0 aliphatic heterocycles. The van der Waals surface area contributed by atoms with Crippen molar-refractivity contribution in [2.24, 2.45) is 0 Å². The third kappa shape index (κ3) is 3.38. The first-order valence-electron chi connectivity index (χ1n) is 6.94. The van der Waals surface area contributed by atoms with E-state index in [0.717, 1.165) is 0 Å². The van der Waals surface area contributed by atoms with E-state index in [1.54, 1.807) is 24.3 Å². The minimum atomic E-state index is -0.622. The Balaban J connectivity index is 1.82. The summed E-state index contributed by atoms with van der Waals surface area (Å²) in [6.45, 7) is 0. The topological polar surface area (TPSA) is 64.4 Å². The first-order chi connectivity index (χ1) is 11.6. The molecule has 0 unspecified atom stereocenters. The van der Waals surface area contributed by atoms with Crippen molar-refractivity contribution in [1.82, 2.24) is 5.16 Å². The largest absolute Gasteiger partial charge is 0.497 e. The summed E-state index contributed by atoms with van der Waals surface area (Å²) in [5.41, 5.74) is 1.15. The van der Waals surface area contributed by atoms with Gasteiger partial charge >= 0.3 is 0 Å². The third-order valence-corrected chi connectivity index (χ3v) is 3.51. The fourth-order valence-corrected chi connectivity index (χ4v) is 2.27. The van der Waals surface area contributed by atoms with E-state index in [2.05, 4.69) is 10.5 Å². The van der Waals surface area contributed by atoms with Crippen LogP contribution >= 0.6 is 11.6 Å². The first-order valence-corrected chi connectivity index (χ1v) is 7.32. The van der Waals surface area contributed by atoms with Crippen LogP contribution in [-0.2, 0) is 0 Å². The van der Waals surface area contributed by atoms with Crippen LogP contribution in [0.25, 0.3) is 11.3 Å². The van der Waals surface area contributed by atoms with E-state index >= 15 is 0 Å². The van der Waals surface area contributed by atoms with E-state index in [4.69, 9.17) is 20.9 Å². The lowest BCUT2D eigenvalue weighted by Gasteiger charge is -2.06. The number of anilines is 1. The predicted octanol–water partition coefficient (Wildman–Crippen LogP) is 4.40. The van der Waals surface area contributed by atoms with Gasteiger partial charge in [-0.05, 0) is 24.3 Å². The highest BCUT2D eigenvalue weighted by atomic mass is 35.5. The zero-order valence-electron chi connectivity index (χ0n) is 12.5. The molecule has 1 N–H and O–H groups in total. The van der Waals surface area contributed by atoms with Crippen LogP contribution in [-0.4, -0.2) is 18.2 Å². The molecule has 0 saturated heterocycles. The number of carbonyl (C=O) groups excluding carboxylic acids is 1. The number of aromatic nitrogens is 1. The van der Waals surface area contributed by atoms with Crippen molar-refractivity contribution in [3.05, 3.63) is 65.1 Å². The Morgan fingerprint density at radius 1 is 1.25 bits per heavy atom. The van der Waals surface area contributed by atoms with E-state index in [9.17, 15) is 9.18 Å². The summed E-state index contributed by atoms with van der Waals surface area (Å²) >= 11 is 5.93. The minimum Gasteiger partial charge on any atom is -0.497 e. The molecule has 24 heavy (non-hydrogen) atoms. The van der Waals surface area contributed by atoms with Crippen LogP contribution in [0.3, 0.4) is 0 Å². The SMILES string of the molecule is COc1ccc(F)c(NC(=O)c2cc(-c3cccc(Cl)c3)no2)c1. The van der Waals surface area contributed by atoms with Gasteiger partial charge in [-0.25, -0.2) is 4.39 Å². The predicted molar refractivity (Wildman–Crippen MR) is 87.9 cm³/mol. The van der Waals surface area contributed by atoms with Crippen molar-refractivity contribution in [3.8, 4) is 17.0 Å². The van der Waals surface area contributed by atoms with Gasteiger partial charge in [0.15, 0.2) is 0 Å². The Morgan fingerprint density at radius 3 is 2.83 bits per heavy atom. The molecule has 0 aliphatic rings. The molecule has 3 rings (SSSR count). The molecule has 3 aromatic rings. The number of ether oxygens (including phenoxy) is 1. The van der Waals surface area contributed by atoms with Crippen LogP contribution in [0.15, 0.2) is 53.1 Å². The van der Waals surface area contributed by atoms with Crippen molar-refractivity contribution in [3.63, 3.8) is 0 Å². The van der Waals surface area contributed by atoms with Crippen LogP contribution in [0.1, 0.15) is 10.6 Å². The highest BCUT2D eigenvalue weighted by molar-refractivity contribution is 6.30. The molecular weight excluding hydrogens is 335 g/mol. The average molecular weight is 347 g/mol. The van der Waals surface area contributed by atoms with Gasteiger partial charge in [0, 0.05) is 22.7 Å². The molecule has 122 valence electrons. The van der Waals surface area contributed by atoms with Crippen LogP contribution in [0.4, 0.5) is 10.1 Å². The van der Waals surface area contributed by atoms with Gasteiger partial charge in [-0.1, -0.05) is 28.9 Å². The molecule has 0 aliphatic carbocycles. The summed E-state index contributed by atoms with van der Waals surface area (Å²) in [6.07, 6.45) is 0. The highest BCUT2D eigenvalue weighted by Gasteiger charge is 2.16. The summed E-state index contributed by atoms with van der Waals surface area (Å²) in [4.78, 5) is 12.2. The van der Waals surface area contributed by atoms with Gasteiger partial charge in [0.1, 0.15) is 17.3 Å². The average Bonchev–Trinajstić information content (AvgIpc) is 3.07. The Hall–Kier alpha value is -2.86. The first kappa shape index (κ1) is 16.0. The summed E-state index contributed by atoms with van der Waals surface area (Å²) < 4.78 is 23.8. The smallest absolute Gasteiger partial charge is 0.294 e. The highest BCUT2D eigenvalue weighted by Crippen LogP contribution is 2.24. The number of nitrogens with one attached hydrogen (secondary N) is 1. The number of nitrogens with zero attached hydrogens (tertiary/aromatic N) is 1. The molecule has 0 spiro atoms. The molecule has 0 fully saturated rings. The van der Waals surface area contributed by atoms with Gasteiger partial charge in [-0.15, -0.1) is 0 Å². The van der Waals surface area contributed by atoms with Crippen molar-refractivity contribution in [1.29, 1.82) is 0 Å². The van der Waals surface area contributed by atoms with Crippen LogP contribution < -0.4 is 10.1 Å². The van der Waals surface area contributed by atoms with E-state index in [0.29, 0.717) is 22.0 Å². The zero-order valence-corrected chi connectivity index (χ0v) is 13.3. The third-order valence-electron chi connectivity index (χ3n) is 3.28. The van der Waals surface area contributed by atoms with Gasteiger partial charge in [0.25, 0.3) is 5.91 Å². The maximum absolute atomic E-state index is 13.8. The Morgan fingerprint density at radius 2 is 2.08 bits per heavy atom. The lowest BCUT2D eigenvalue weighted by Crippen LogP contribution is -2.12. The summed E-state index contributed by atoms with van der Waals surface area (Å²) in [7, 11) is 1.45. The molecule has 1 amide bonds. The summed E-state index contributed by atoms with van der Waals surface area (Å²) in [6, 6.07) is 12.5. The lowest BCUT2D eigenvalue weighted by molar-refractivity contribution is 0.0987. The maximum atomic E-state index is 13.8. The van der Waals surface area contributed by atoms with Crippen LogP contribution in [0.2, 0.25) is 5.02 Å². The second kappa shape index (κ2) is 6.72. The fourth-order valence-electron chi connectivity index (χ4n) is 2.08. The number of carbonyl (C=O) groups is 1. The van der Waals surface area contributed by atoms with Gasteiger partial charge in [-0.3, -0.25) is 4.79 Å². The zero-order chi connectivity index (χ0) is 17.1. The van der Waals surface area contributed by atoms with Crippen molar-refractivity contribution in [2.75, 3.05) is 12.4 Å². The summed E-state index contributed by atoms with van der Waals surface area (Å²) in [5, 5.41) is 6.80. The Bertz CT molecular complexity index is 895. The van der Waals surface area contributed by atoms with E-state index in [-0.39, 0.29) is 11.4 Å². The van der Waals surface area contributed by atoms with E-state index in [1.165, 1.54) is 31.4 Å². The number of amides is 1. The molecule has 0 atom stereocenters. The number of methoxy groups -OCH3 is 1. The second-order valence-corrected chi connectivity index (χ2v) is 5.32. The normalized spacial score (nSPS) is 10.5. The Kier molecular flexibility index (Phi) is 4.48. The molecule has 0 radical (unpaired) electrons. The fraction of sp³-hybridized carbons (Fsp3) is 0.0588. The second-order valence-electron chi connectivity index (χ2n) is 4.89. The minimum absolute atomic E-state index is 0.0138. The van der Waals surface area contributed by atoms with Crippen molar-refractivity contribution in [2.45, 2.75) is 0 Å². The van der Waals surface area contributed by atoms with Gasteiger partial charge < -0.3 is 14.6 Å². The van der Waals surface area contributed by atoms with Gasteiger partial charge in [0.05, 0.1) is 12.8 Å². The van der Waals surface area contributed by atoms with Crippen molar-refractivity contribution < 1.29 is 18.4 Å². The molecule has 1 aromatic heterocycles. The molecule has 0 saturated carbocycles. The quantitative estimate of drug-likeness (QED) is 0.760. The van der Waals surface area contributed by atoms with Crippen LogP contribution in [0, 0.1) is 5.82 Å². The molecular formula is C17H12ClFN2O3. The van der Waals surface area contributed by atoms with Gasteiger partial charge in [-0.2, -0.15) is 0 Å². The van der Waals surface area contributed by atoms with Crippen molar-refractivity contribution >= 4 is 23.2 Å². The van der Waals surface area contributed by atoms with E-state index < -0.39 is 11.7 Å². The molecule has 7 heteroatoms. The molecule has 2 aromatic carbocycles. The molecule has 0 bridgehead atoms. The number of rotatable bonds is 4. The molecule has 5 nitrogen and oxygen atoms in total. The standard InChI is InChI=1S/C17H12ClFN2O3/c1-23-12-5-6-13(19)15(8-12)20-17(22)16-9-14(21-24-16)10-3-2-4-11(18)7-10/h2-9H,1H3,(H,20,22). The van der Waals surface area contributed by atoms with Crippen LogP contribution in [0.5, 0.6) is 5.75 Å². The number of benzene rings is 2. The van der Waals surface area contributed by atoms with Gasteiger partial charge in [0.2, 0.25) is 5.76 Å². The number of hydrogen-bond donors (Lipinski definition) is 1.